The second-order valence-electron chi connectivity index (χ2n) is 3.50. The molecule has 4 heteroatoms. The molecule has 1 N–H and O–H groups in total. The number of halogens is 2. The molecule has 0 aliphatic carbocycles. The Morgan fingerprint density at radius 1 is 1.38 bits per heavy atom. The molecule has 16 heavy (non-hydrogen) atoms. The maximum Gasteiger partial charge on any atom is 0.0839 e. The predicted molar refractivity (Wildman–Crippen MR) is 72.1 cm³/mol. The summed E-state index contributed by atoms with van der Waals surface area (Å²) in [6.07, 6.45) is 0.0468. The molecule has 0 amide bonds. The first kappa shape index (κ1) is 12.1. The summed E-state index contributed by atoms with van der Waals surface area (Å²) in [6.45, 7) is 0. The van der Waals surface area contributed by atoms with Crippen molar-refractivity contribution >= 4 is 38.9 Å². The quantitative estimate of drug-likeness (QED) is 0.887. The summed E-state index contributed by atoms with van der Waals surface area (Å²) >= 11 is 11.0. The zero-order valence-electron chi connectivity index (χ0n) is 8.36. The Morgan fingerprint density at radius 2 is 2.12 bits per heavy atom. The highest BCUT2D eigenvalue weighted by atomic mass is 79.9. The molecule has 0 aliphatic rings. The summed E-state index contributed by atoms with van der Waals surface area (Å²) in [5.74, 6) is 0. The van der Waals surface area contributed by atoms with E-state index in [4.69, 9.17) is 11.6 Å². The number of rotatable bonds is 3. The second kappa shape index (κ2) is 5.32. The molecule has 0 spiro atoms. The molecule has 1 atom stereocenters. The third-order valence-corrected chi connectivity index (χ3v) is 4.24. The van der Waals surface area contributed by atoms with Crippen LogP contribution in [-0.4, -0.2) is 5.11 Å². The van der Waals surface area contributed by atoms with Crippen LogP contribution in [0.4, 0.5) is 0 Å². The summed E-state index contributed by atoms with van der Waals surface area (Å²) < 4.78 is 1.03. The molecule has 2 rings (SSSR count). The highest BCUT2D eigenvalue weighted by Gasteiger charge is 2.11. The first-order valence-electron chi connectivity index (χ1n) is 4.82. The second-order valence-corrected chi connectivity index (χ2v) is 6.19. The van der Waals surface area contributed by atoms with E-state index in [0.717, 1.165) is 14.9 Å². The van der Waals surface area contributed by atoms with Gasteiger partial charge < -0.3 is 5.11 Å². The van der Waals surface area contributed by atoms with Gasteiger partial charge in [0.15, 0.2) is 0 Å². The molecule has 1 heterocycles. The van der Waals surface area contributed by atoms with Crippen LogP contribution in [0.5, 0.6) is 0 Å². The molecule has 0 fully saturated rings. The maximum atomic E-state index is 10.0. The Labute approximate surface area is 112 Å². The topological polar surface area (TPSA) is 20.2 Å². The molecule has 1 aromatic heterocycles. The molecule has 2 aromatic rings. The van der Waals surface area contributed by atoms with Crippen molar-refractivity contribution in [2.75, 3.05) is 0 Å². The lowest BCUT2D eigenvalue weighted by Crippen LogP contribution is -2.00. The maximum absolute atomic E-state index is 10.0. The van der Waals surface area contributed by atoms with Crippen molar-refractivity contribution in [2.45, 2.75) is 12.5 Å². The van der Waals surface area contributed by atoms with Crippen LogP contribution in [0, 0.1) is 0 Å². The van der Waals surface area contributed by atoms with E-state index < -0.39 is 6.10 Å². The minimum absolute atomic E-state index is 0.498. The van der Waals surface area contributed by atoms with Gasteiger partial charge in [0, 0.05) is 11.4 Å². The smallest absolute Gasteiger partial charge is 0.0839 e. The van der Waals surface area contributed by atoms with Crippen molar-refractivity contribution in [3.63, 3.8) is 0 Å². The van der Waals surface area contributed by atoms with Gasteiger partial charge in [-0.2, -0.15) is 0 Å². The van der Waals surface area contributed by atoms with Crippen LogP contribution in [0.1, 0.15) is 17.2 Å². The highest BCUT2D eigenvalue weighted by Crippen LogP contribution is 2.28. The van der Waals surface area contributed by atoms with Gasteiger partial charge in [-0.25, -0.2) is 0 Å². The average Bonchev–Trinajstić information content (AvgIpc) is 2.68. The molecular weight excluding hydrogens is 308 g/mol. The van der Waals surface area contributed by atoms with E-state index in [1.807, 2.05) is 35.7 Å². The Bertz CT molecular complexity index is 483. The van der Waals surface area contributed by atoms with E-state index in [1.165, 1.54) is 0 Å². The zero-order valence-corrected chi connectivity index (χ0v) is 11.5. The van der Waals surface area contributed by atoms with Gasteiger partial charge in [0.25, 0.3) is 0 Å². The SMILES string of the molecule is OC(Cc1ccccc1Cl)c1csc(Br)c1. The first-order chi connectivity index (χ1) is 7.66. The number of hydrogen-bond donors (Lipinski definition) is 1. The fraction of sp³-hybridized carbons (Fsp3) is 0.167. The minimum Gasteiger partial charge on any atom is -0.388 e. The van der Waals surface area contributed by atoms with Crippen LogP contribution in [0.15, 0.2) is 39.5 Å². The molecule has 0 saturated carbocycles. The van der Waals surface area contributed by atoms with Crippen LogP contribution in [0.3, 0.4) is 0 Å². The molecule has 1 nitrogen and oxygen atoms in total. The van der Waals surface area contributed by atoms with Crippen LogP contribution in [-0.2, 0) is 6.42 Å². The van der Waals surface area contributed by atoms with Crippen molar-refractivity contribution in [3.8, 4) is 0 Å². The minimum atomic E-state index is -0.498. The van der Waals surface area contributed by atoms with E-state index in [2.05, 4.69) is 15.9 Å². The van der Waals surface area contributed by atoms with Crippen LogP contribution < -0.4 is 0 Å². The average molecular weight is 318 g/mol. The summed E-state index contributed by atoms with van der Waals surface area (Å²) in [5, 5.41) is 12.7. The van der Waals surface area contributed by atoms with Crippen molar-refractivity contribution in [1.29, 1.82) is 0 Å². The van der Waals surface area contributed by atoms with Gasteiger partial charge in [-0.1, -0.05) is 29.8 Å². The largest absolute Gasteiger partial charge is 0.388 e. The van der Waals surface area contributed by atoms with E-state index in [1.54, 1.807) is 11.3 Å². The predicted octanol–water partition coefficient (Wildman–Crippen LogP) is 4.44. The van der Waals surface area contributed by atoms with E-state index in [9.17, 15) is 5.11 Å². The van der Waals surface area contributed by atoms with Crippen LogP contribution >= 0.6 is 38.9 Å². The molecule has 0 bridgehead atoms. The van der Waals surface area contributed by atoms with Crippen molar-refractivity contribution in [3.05, 3.63) is 55.6 Å². The summed E-state index contributed by atoms with van der Waals surface area (Å²) in [5.41, 5.74) is 1.90. The van der Waals surface area contributed by atoms with Gasteiger partial charge >= 0.3 is 0 Å². The Balaban J connectivity index is 2.13. The number of thiophene rings is 1. The van der Waals surface area contributed by atoms with Crippen LogP contribution in [0.25, 0.3) is 0 Å². The Kier molecular flexibility index (Phi) is 4.03. The highest BCUT2D eigenvalue weighted by molar-refractivity contribution is 9.11. The van der Waals surface area contributed by atoms with Crippen LogP contribution in [0.2, 0.25) is 5.02 Å². The molecule has 0 saturated heterocycles. The van der Waals surface area contributed by atoms with E-state index in [-0.39, 0.29) is 0 Å². The van der Waals surface area contributed by atoms with E-state index in [0.29, 0.717) is 11.4 Å². The normalized spacial score (nSPS) is 12.7. The standard InChI is InChI=1S/C12H10BrClOS/c13-12-6-9(7-16-12)11(15)5-8-3-1-2-4-10(8)14/h1-4,6-7,11,15H,5H2. The number of hydrogen-bond acceptors (Lipinski definition) is 2. The van der Waals surface area contributed by atoms with Gasteiger partial charge in [-0.05, 0) is 44.6 Å². The fourth-order valence-electron chi connectivity index (χ4n) is 1.49. The van der Waals surface area contributed by atoms with Gasteiger partial charge in [-0.3, -0.25) is 0 Å². The molecular formula is C12H10BrClOS. The number of aliphatic hydroxyl groups excluding tert-OH is 1. The lowest BCUT2D eigenvalue weighted by Gasteiger charge is -2.09. The van der Waals surface area contributed by atoms with Gasteiger partial charge in [0.2, 0.25) is 0 Å². The molecule has 1 aromatic carbocycles. The molecule has 0 radical (unpaired) electrons. The summed E-state index contributed by atoms with van der Waals surface area (Å²) in [7, 11) is 0. The van der Waals surface area contributed by atoms with Gasteiger partial charge in [0.05, 0.1) is 9.89 Å². The summed E-state index contributed by atoms with van der Waals surface area (Å²) in [6, 6.07) is 9.53. The van der Waals surface area contributed by atoms with Gasteiger partial charge in [0.1, 0.15) is 0 Å². The van der Waals surface area contributed by atoms with Crippen molar-refractivity contribution < 1.29 is 5.11 Å². The monoisotopic (exact) mass is 316 g/mol. The number of aliphatic hydroxyl groups is 1. The molecule has 84 valence electrons. The first-order valence-corrected chi connectivity index (χ1v) is 6.87. The number of benzene rings is 1. The summed E-state index contributed by atoms with van der Waals surface area (Å²) in [4.78, 5) is 0. The van der Waals surface area contributed by atoms with Crippen molar-refractivity contribution in [2.24, 2.45) is 0 Å². The van der Waals surface area contributed by atoms with E-state index >= 15 is 0 Å². The third kappa shape index (κ3) is 2.86. The lowest BCUT2D eigenvalue weighted by atomic mass is 10.0. The Morgan fingerprint density at radius 3 is 2.75 bits per heavy atom. The van der Waals surface area contributed by atoms with Gasteiger partial charge in [-0.15, -0.1) is 11.3 Å². The fourth-order valence-corrected chi connectivity index (χ4v) is 2.92. The third-order valence-electron chi connectivity index (χ3n) is 2.34. The molecule has 0 aliphatic heterocycles. The van der Waals surface area contributed by atoms with Crippen molar-refractivity contribution in [1.82, 2.24) is 0 Å². The molecule has 1 unspecified atom stereocenters. The zero-order chi connectivity index (χ0) is 11.5. The Hall–Kier alpha value is -0.350. The lowest BCUT2D eigenvalue weighted by molar-refractivity contribution is 0.179.